The number of benzene rings is 1. The van der Waals surface area contributed by atoms with Crippen LogP contribution in [0.4, 0.5) is 0 Å². The number of carbonyl (C=O) groups is 1. The molecule has 0 bridgehead atoms. The molecule has 3 heterocycles. The lowest BCUT2D eigenvalue weighted by Crippen LogP contribution is -2.29. The van der Waals surface area contributed by atoms with Crippen molar-refractivity contribution in [2.45, 2.75) is 33.2 Å². The van der Waals surface area contributed by atoms with Gasteiger partial charge in [0.1, 0.15) is 0 Å². The number of nitrogens with zero attached hydrogens (tertiary/aromatic N) is 3. The van der Waals surface area contributed by atoms with Crippen LogP contribution in [-0.4, -0.2) is 26.6 Å². The summed E-state index contributed by atoms with van der Waals surface area (Å²) in [5, 5.41) is 5.56. The van der Waals surface area contributed by atoms with E-state index in [-0.39, 0.29) is 17.9 Å². The van der Waals surface area contributed by atoms with Crippen molar-refractivity contribution >= 4 is 28.3 Å². The fourth-order valence-corrected chi connectivity index (χ4v) is 4.34. The number of aromatic nitrogens is 3. The molecule has 4 aromatic rings. The molecule has 1 amide bonds. The monoisotopic (exact) mass is 420 g/mol. The van der Waals surface area contributed by atoms with E-state index in [0.717, 1.165) is 23.4 Å². The lowest BCUT2D eigenvalue weighted by Gasteiger charge is -2.09. The molecular formula is C23H24N4O2S. The fraction of sp³-hybridized carbons (Fsp3) is 0.261. The molecule has 6 nitrogen and oxygen atoms in total. The standard InChI is InChI=1S/C23H24N4O2S/c1-16-17(2)27(18-7-4-3-5-8-18)22-21(16)23(29)26(15-25-22)13-11-20(28)24-12-10-19-9-6-14-30-19/h3-9,14-15H,10-13H2,1-2H3,(H,24,28). The van der Waals surface area contributed by atoms with E-state index in [2.05, 4.69) is 16.4 Å². The highest BCUT2D eigenvalue weighted by Gasteiger charge is 2.18. The fourth-order valence-electron chi connectivity index (χ4n) is 3.63. The van der Waals surface area contributed by atoms with E-state index in [0.29, 0.717) is 24.1 Å². The van der Waals surface area contributed by atoms with Gasteiger partial charge in [0, 0.05) is 35.8 Å². The largest absolute Gasteiger partial charge is 0.356 e. The second-order valence-corrected chi connectivity index (χ2v) is 8.28. The van der Waals surface area contributed by atoms with Gasteiger partial charge in [-0.3, -0.25) is 18.7 Å². The summed E-state index contributed by atoms with van der Waals surface area (Å²) in [6.45, 7) is 4.85. The molecule has 7 heteroatoms. The molecule has 0 atom stereocenters. The summed E-state index contributed by atoms with van der Waals surface area (Å²) in [7, 11) is 0. The van der Waals surface area contributed by atoms with Crippen molar-refractivity contribution in [3.05, 3.63) is 80.7 Å². The molecule has 0 aliphatic carbocycles. The Labute approximate surface area is 178 Å². The van der Waals surface area contributed by atoms with Crippen molar-refractivity contribution in [3.63, 3.8) is 0 Å². The van der Waals surface area contributed by atoms with Gasteiger partial charge in [-0.1, -0.05) is 24.3 Å². The highest BCUT2D eigenvalue weighted by Crippen LogP contribution is 2.24. The Morgan fingerprint density at radius 3 is 2.67 bits per heavy atom. The van der Waals surface area contributed by atoms with Gasteiger partial charge >= 0.3 is 0 Å². The lowest BCUT2D eigenvalue weighted by atomic mass is 10.2. The Morgan fingerprint density at radius 1 is 1.13 bits per heavy atom. The van der Waals surface area contributed by atoms with E-state index in [1.807, 2.05) is 60.2 Å². The Morgan fingerprint density at radius 2 is 1.93 bits per heavy atom. The Kier molecular flexibility index (Phi) is 5.81. The van der Waals surface area contributed by atoms with Gasteiger partial charge in [-0.15, -0.1) is 11.3 Å². The van der Waals surface area contributed by atoms with Crippen LogP contribution in [0.5, 0.6) is 0 Å². The van der Waals surface area contributed by atoms with Crippen molar-refractivity contribution in [1.29, 1.82) is 0 Å². The molecule has 0 aliphatic rings. The van der Waals surface area contributed by atoms with Crippen LogP contribution in [0, 0.1) is 13.8 Å². The number of thiophene rings is 1. The second kappa shape index (κ2) is 8.67. The van der Waals surface area contributed by atoms with Crippen molar-refractivity contribution in [2.24, 2.45) is 0 Å². The summed E-state index contributed by atoms with van der Waals surface area (Å²) >= 11 is 1.68. The number of fused-ring (bicyclic) bond motifs is 1. The van der Waals surface area contributed by atoms with Crippen LogP contribution in [0.3, 0.4) is 0 Å². The first-order chi connectivity index (χ1) is 14.6. The minimum Gasteiger partial charge on any atom is -0.356 e. The van der Waals surface area contributed by atoms with Crippen LogP contribution in [0.15, 0.2) is 59.0 Å². The second-order valence-electron chi connectivity index (χ2n) is 7.25. The molecule has 4 rings (SSSR count). The van der Waals surface area contributed by atoms with Gasteiger partial charge in [0.15, 0.2) is 5.65 Å². The number of carbonyl (C=O) groups excluding carboxylic acids is 1. The molecule has 30 heavy (non-hydrogen) atoms. The van der Waals surface area contributed by atoms with E-state index >= 15 is 0 Å². The van der Waals surface area contributed by atoms with E-state index in [1.54, 1.807) is 17.7 Å². The smallest absolute Gasteiger partial charge is 0.263 e. The molecule has 3 aromatic heterocycles. The number of amides is 1. The normalized spacial score (nSPS) is 11.1. The van der Waals surface area contributed by atoms with Gasteiger partial charge in [-0.05, 0) is 49.4 Å². The molecule has 0 aliphatic heterocycles. The van der Waals surface area contributed by atoms with Gasteiger partial charge in [0.05, 0.1) is 11.7 Å². The van der Waals surface area contributed by atoms with E-state index in [1.165, 1.54) is 9.44 Å². The first kappa shape index (κ1) is 20.1. The topological polar surface area (TPSA) is 68.9 Å². The minimum atomic E-state index is -0.110. The molecule has 0 fully saturated rings. The van der Waals surface area contributed by atoms with Crippen LogP contribution in [0.25, 0.3) is 16.7 Å². The van der Waals surface area contributed by atoms with Crippen molar-refractivity contribution in [3.8, 4) is 5.69 Å². The average molecular weight is 421 g/mol. The first-order valence-corrected chi connectivity index (χ1v) is 10.9. The predicted octanol–water partition coefficient (Wildman–Crippen LogP) is 3.61. The summed E-state index contributed by atoms with van der Waals surface area (Å²) in [4.78, 5) is 31.1. The summed E-state index contributed by atoms with van der Waals surface area (Å²) in [6, 6.07) is 14.0. The molecule has 0 spiro atoms. The van der Waals surface area contributed by atoms with Crippen LogP contribution in [0.2, 0.25) is 0 Å². The maximum atomic E-state index is 13.1. The molecule has 0 saturated carbocycles. The predicted molar refractivity (Wildman–Crippen MR) is 120 cm³/mol. The zero-order valence-electron chi connectivity index (χ0n) is 17.1. The van der Waals surface area contributed by atoms with Crippen LogP contribution in [-0.2, 0) is 17.8 Å². The molecule has 1 N–H and O–H groups in total. The molecular weight excluding hydrogens is 396 g/mol. The van der Waals surface area contributed by atoms with Gasteiger partial charge in [-0.2, -0.15) is 0 Å². The third-order valence-electron chi connectivity index (χ3n) is 5.35. The lowest BCUT2D eigenvalue weighted by molar-refractivity contribution is -0.121. The van der Waals surface area contributed by atoms with Crippen LogP contribution < -0.4 is 10.9 Å². The Balaban J connectivity index is 1.50. The van der Waals surface area contributed by atoms with Crippen LogP contribution in [0.1, 0.15) is 22.6 Å². The summed E-state index contributed by atoms with van der Waals surface area (Å²) in [5.74, 6) is -0.0617. The maximum absolute atomic E-state index is 13.1. The summed E-state index contributed by atoms with van der Waals surface area (Å²) in [6.07, 6.45) is 2.61. The van der Waals surface area contributed by atoms with Gasteiger partial charge in [0.2, 0.25) is 5.91 Å². The van der Waals surface area contributed by atoms with E-state index in [4.69, 9.17) is 0 Å². The van der Waals surface area contributed by atoms with Gasteiger partial charge < -0.3 is 5.32 Å². The SMILES string of the molecule is Cc1c(C)n(-c2ccccc2)c2ncn(CCC(=O)NCCc3cccs3)c(=O)c12. The highest BCUT2D eigenvalue weighted by atomic mass is 32.1. The van der Waals surface area contributed by atoms with E-state index in [9.17, 15) is 9.59 Å². The number of nitrogens with one attached hydrogen (secondary N) is 1. The molecule has 154 valence electrons. The quantitative estimate of drug-likeness (QED) is 0.497. The molecule has 1 aromatic carbocycles. The van der Waals surface area contributed by atoms with Crippen molar-refractivity contribution in [1.82, 2.24) is 19.4 Å². The number of para-hydroxylation sites is 1. The van der Waals surface area contributed by atoms with Gasteiger partial charge in [0.25, 0.3) is 5.56 Å². The Hall–Kier alpha value is -3.19. The highest BCUT2D eigenvalue weighted by molar-refractivity contribution is 7.09. The van der Waals surface area contributed by atoms with Crippen molar-refractivity contribution < 1.29 is 4.79 Å². The zero-order valence-corrected chi connectivity index (χ0v) is 17.9. The number of hydrogen-bond acceptors (Lipinski definition) is 4. The number of aryl methyl sites for hydroxylation is 2. The average Bonchev–Trinajstić information content (AvgIpc) is 3.35. The molecule has 0 saturated heterocycles. The third-order valence-corrected chi connectivity index (χ3v) is 6.29. The number of hydrogen-bond donors (Lipinski definition) is 1. The van der Waals surface area contributed by atoms with Crippen molar-refractivity contribution in [2.75, 3.05) is 6.54 Å². The molecule has 0 radical (unpaired) electrons. The summed E-state index contributed by atoms with van der Waals surface area (Å²) in [5.41, 5.74) is 3.42. The first-order valence-electron chi connectivity index (χ1n) is 9.98. The minimum absolute atomic E-state index is 0.0617. The zero-order chi connectivity index (χ0) is 21.1. The molecule has 0 unspecified atom stereocenters. The maximum Gasteiger partial charge on any atom is 0.263 e. The third kappa shape index (κ3) is 3.93. The Bertz CT molecular complexity index is 1220. The van der Waals surface area contributed by atoms with E-state index < -0.39 is 0 Å². The summed E-state index contributed by atoms with van der Waals surface area (Å²) < 4.78 is 3.54. The van der Waals surface area contributed by atoms with Gasteiger partial charge in [-0.25, -0.2) is 4.98 Å². The number of rotatable bonds is 7. The van der Waals surface area contributed by atoms with Crippen LogP contribution >= 0.6 is 11.3 Å².